The van der Waals surface area contributed by atoms with Gasteiger partial charge in [0, 0.05) is 13.0 Å². The Balaban J connectivity index is 3.22. The summed E-state index contributed by atoms with van der Waals surface area (Å²) in [6.07, 6.45) is 0.897. The Morgan fingerprint density at radius 1 is 1.58 bits per heavy atom. The lowest BCUT2D eigenvalue weighted by Crippen LogP contribution is -2.30. The van der Waals surface area contributed by atoms with Crippen LogP contribution in [0.5, 0.6) is 0 Å². The van der Waals surface area contributed by atoms with Crippen LogP contribution in [0.1, 0.15) is 19.8 Å². The Bertz CT molecular complexity index is 126. The van der Waals surface area contributed by atoms with Crippen LogP contribution in [-0.2, 0) is 4.79 Å². The van der Waals surface area contributed by atoms with Crippen molar-refractivity contribution in [3.8, 4) is 0 Å². The molecule has 12 heavy (non-hydrogen) atoms. The third kappa shape index (κ3) is 7.50. The molecule has 0 aliphatic rings. The van der Waals surface area contributed by atoms with Crippen LogP contribution in [0.15, 0.2) is 0 Å². The molecule has 0 bridgehead atoms. The Morgan fingerprint density at radius 3 is 2.75 bits per heavy atom. The fraction of sp³-hybridized carbons (Fsp3) is 0.875. The number of hydrogen-bond acceptors (Lipinski definition) is 3. The van der Waals surface area contributed by atoms with Crippen molar-refractivity contribution in [1.82, 2.24) is 10.6 Å². The first-order chi connectivity index (χ1) is 5.66. The van der Waals surface area contributed by atoms with E-state index in [2.05, 4.69) is 10.6 Å². The molecule has 0 saturated heterocycles. The smallest absolute Gasteiger partial charge is 0.220 e. The molecule has 1 amide bonds. The van der Waals surface area contributed by atoms with E-state index in [1.165, 1.54) is 0 Å². The highest BCUT2D eigenvalue weighted by atomic mass is 16.3. The number of amides is 1. The fourth-order valence-electron chi connectivity index (χ4n) is 0.776. The largest absolute Gasteiger partial charge is 0.392 e. The van der Waals surface area contributed by atoms with Gasteiger partial charge in [0.2, 0.25) is 5.91 Å². The topological polar surface area (TPSA) is 61.4 Å². The van der Waals surface area contributed by atoms with Gasteiger partial charge in [-0.15, -0.1) is 0 Å². The summed E-state index contributed by atoms with van der Waals surface area (Å²) in [5, 5.41) is 14.4. The van der Waals surface area contributed by atoms with Gasteiger partial charge in [0.25, 0.3) is 0 Å². The molecule has 72 valence electrons. The first-order valence-electron chi connectivity index (χ1n) is 4.26. The van der Waals surface area contributed by atoms with Crippen molar-refractivity contribution < 1.29 is 9.90 Å². The van der Waals surface area contributed by atoms with Crippen molar-refractivity contribution in [2.24, 2.45) is 0 Å². The minimum absolute atomic E-state index is 0.00569. The van der Waals surface area contributed by atoms with Crippen LogP contribution in [-0.4, -0.2) is 37.3 Å². The highest BCUT2D eigenvalue weighted by Crippen LogP contribution is 1.86. The molecule has 0 saturated carbocycles. The maximum Gasteiger partial charge on any atom is 0.220 e. The van der Waals surface area contributed by atoms with Crippen molar-refractivity contribution in [1.29, 1.82) is 0 Å². The van der Waals surface area contributed by atoms with Gasteiger partial charge in [-0.1, -0.05) is 0 Å². The molecule has 0 aliphatic carbocycles. The average Bonchev–Trinajstić information content (AvgIpc) is 2.01. The van der Waals surface area contributed by atoms with Crippen molar-refractivity contribution in [2.45, 2.75) is 25.9 Å². The number of rotatable bonds is 6. The van der Waals surface area contributed by atoms with E-state index in [9.17, 15) is 4.79 Å². The molecule has 4 nitrogen and oxygen atoms in total. The number of aliphatic hydroxyl groups is 1. The van der Waals surface area contributed by atoms with E-state index >= 15 is 0 Å². The van der Waals surface area contributed by atoms with Gasteiger partial charge in [-0.2, -0.15) is 0 Å². The highest BCUT2D eigenvalue weighted by molar-refractivity contribution is 5.75. The summed E-state index contributed by atoms with van der Waals surface area (Å²) in [6, 6.07) is 0. The number of aliphatic hydroxyl groups excluding tert-OH is 1. The second kappa shape index (κ2) is 7.06. The van der Waals surface area contributed by atoms with Crippen molar-refractivity contribution in [3.05, 3.63) is 0 Å². The summed E-state index contributed by atoms with van der Waals surface area (Å²) >= 11 is 0. The molecule has 0 heterocycles. The molecule has 0 aliphatic heterocycles. The highest BCUT2D eigenvalue weighted by Gasteiger charge is 2.01. The second-order valence-corrected chi connectivity index (χ2v) is 2.86. The molecule has 0 spiro atoms. The van der Waals surface area contributed by atoms with Crippen LogP contribution in [0.4, 0.5) is 0 Å². The minimum atomic E-state index is -0.460. The van der Waals surface area contributed by atoms with Crippen LogP contribution in [0.3, 0.4) is 0 Å². The molecule has 0 unspecified atom stereocenters. The lowest BCUT2D eigenvalue weighted by Gasteiger charge is -2.06. The van der Waals surface area contributed by atoms with Crippen molar-refractivity contribution in [3.63, 3.8) is 0 Å². The van der Waals surface area contributed by atoms with E-state index in [-0.39, 0.29) is 5.91 Å². The summed E-state index contributed by atoms with van der Waals surface area (Å²) < 4.78 is 0. The molecule has 3 N–H and O–H groups in total. The summed E-state index contributed by atoms with van der Waals surface area (Å²) in [6.45, 7) is 2.84. The van der Waals surface area contributed by atoms with E-state index in [4.69, 9.17) is 5.11 Å². The third-order valence-corrected chi connectivity index (χ3v) is 1.43. The first kappa shape index (κ1) is 11.4. The lowest BCUT2D eigenvalue weighted by molar-refractivity contribution is -0.121. The van der Waals surface area contributed by atoms with Crippen LogP contribution < -0.4 is 10.6 Å². The summed E-state index contributed by atoms with van der Waals surface area (Å²) in [4.78, 5) is 11.0. The van der Waals surface area contributed by atoms with Gasteiger partial charge in [0.1, 0.15) is 0 Å². The number of carbonyl (C=O) groups excluding carboxylic acids is 1. The summed E-state index contributed by atoms with van der Waals surface area (Å²) in [7, 11) is 1.85. The third-order valence-electron chi connectivity index (χ3n) is 1.43. The van der Waals surface area contributed by atoms with Crippen LogP contribution in [0, 0.1) is 0 Å². The Hall–Kier alpha value is -0.610. The molecule has 0 radical (unpaired) electrons. The minimum Gasteiger partial charge on any atom is -0.392 e. The van der Waals surface area contributed by atoms with E-state index in [0.29, 0.717) is 13.0 Å². The van der Waals surface area contributed by atoms with E-state index in [0.717, 1.165) is 13.0 Å². The van der Waals surface area contributed by atoms with E-state index in [1.807, 2.05) is 7.05 Å². The predicted octanol–water partition coefficient (Wildman–Crippen LogP) is -0.517. The Labute approximate surface area is 73.3 Å². The quantitative estimate of drug-likeness (QED) is 0.475. The van der Waals surface area contributed by atoms with Gasteiger partial charge in [-0.3, -0.25) is 4.79 Å². The zero-order valence-corrected chi connectivity index (χ0v) is 7.76. The van der Waals surface area contributed by atoms with Gasteiger partial charge in [-0.25, -0.2) is 0 Å². The molecule has 0 aromatic carbocycles. The predicted molar refractivity (Wildman–Crippen MR) is 47.9 cm³/mol. The standard InChI is InChI=1S/C8H18N2O2/c1-7(11)6-10-8(12)4-3-5-9-2/h7,9,11H,3-6H2,1-2H3,(H,10,12)/t7-/m1/s1. The van der Waals surface area contributed by atoms with Crippen molar-refractivity contribution >= 4 is 5.91 Å². The zero-order chi connectivity index (χ0) is 9.40. The van der Waals surface area contributed by atoms with Gasteiger partial charge < -0.3 is 15.7 Å². The molecule has 4 heteroatoms. The second-order valence-electron chi connectivity index (χ2n) is 2.86. The fourth-order valence-corrected chi connectivity index (χ4v) is 0.776. The van der Waals surface area contributed by atoms with Gasteiger partial charge in [0.15, 0.2) is 0 Å². The molecular weight excluding hydrogens is 156 g/mol. The lowest BCUT2D eigenvalue weighted by atomic mass is 10.3. The molecule has 0 aromatic rings. The summed E-state index contributed by atoms with van der Waals surface area (Å²) in [5.74, 6) is 0.00569. The Morgan fingerprint density at radius 2 is 2.25 bits per heavy atom. The molecule has 0 aromatic heterocycles. The number of carbonyl (C=O) groups is 1. The maximum absolute atomic E-state index is 11.0. The average molecular weight is 174 g/mol. The van der Waals surface area contributed by atoms with Gasteiger partial charge in [0.05, 0.1) is 6.10 Å². The molecular formula is C8H18N2O2. The number of hydrogen-bond donors (Lipinski definition) is 3. The Kier molecular flexibility index (Phi) is 6.70. The van der Waals surface area contributed by atoms with Crippen LogP contribution >= 0.6 is 0 Å². The van der Waals surface area contributed by atoms with E-state index < -0.39 is 6.10 Å². The van der Waals surface area contributed by atoms with Gasteiger partial charge >= 0.3 is 0 Å². The first-order valence-corrected chi connectivity index (χ1v) is 4.26. The maximum atomic E-state index is 11.0. The normalized spacial score (nSPS) is 12.6. The monoisotopic (exact) mass is 174 g/mol. The van der Waals surface area contributed by atoms with Crippen molar-refractivity contribution in [2.75, 3.05) is 20.1 Å². The van der Waals surface area contributed by atoms with Crippen LogP contribution in [0.2, 0.25) is 0 Å². The molecule has 0 rings (SSSR count). The van der Waals surface area contributed by atoms with Gasteiger partial charge in [-0.05, 0) is 26.9 Å². The SMILES string of the molecule is CNCCCC(=O)NC[C@@H](C)O. The number of nitrogens with one attached hydrogen (secondary N) is 2. The zero-order valence-electron chi connectivity index (χ0n) is 7.76. The molecule has 1 atom stereocenters. The van der Waals surface area contributed by atoms with Crippen LogP contribution in [0.25, 0.3) is 0 Å². The molecule has 0 fully saturated rings. The summed E-state index contributed by atoms with van der Waals surface area (Å²) in [5.41, 5.74) is 0. The van der Waals surface area contributed by atoms with E-state index in [1.54, 1.807) is 6.92 Å².